The van der Waals surface area contributed by atoms with E-state index in [0.717, 1.165) is 0 Å². The van der Waals surface area contributed by atoms with Crippen molar-refractivity contribution in [3.63, 3.8) is 0 Å². The van der Waals surface area contributed by atoms with Gasteiger partial charge < -0.3 is 9.84 Å². The summed E-state index contributed by atoms with van der Waals surface area (Å²) in [4.78, 5) is 14.8. The fourth-order valence-corrected chi connectivity index (χ4v) is 2.00. The average Bonchev–Trinajstić information content (AvgIpc) is 2.34. The predicted octanol–water partition coefficient (Wildman–Crippen LogP) is 4.24. The molecule has 1 aromatic heterocycles. The van der Waals surface area contributed by atoms with Crippen LogP contribution in [0.1, 0.15) is 10.4 Å². The van der Waals surface area contributed by atoms with E-state index >= 15 is 0 Å². The first-order valence-electron chi connectivity index (χ1n) is 4.99. The van der Waals surface area contributed by atoms with E-state index in [9.17, 15) is 9.18 Å². The van der Waals surface area contributed by atoms with Crippen molar-refractivity contribution in [2.24, 2.45) is 0 Å². The molecule has 0 unspecified atom stereocenters. The van der Waals surface area contributed by atoms with E-state index in [1.165, 1.54) is 24.4 Å². The highest BCUT2D eigenvalue weighted by molar-refractivity contribution is 9.10. The van der Waals surface area contributed by atoms with Gasteiger partial charge in [0.15, 0.2) is 5.82 Å². The van der Waals surface area contributed by atoms with Crippen molar-refractivity contribution in [1.29, 1.82) is 0 Å². The smallest absolute Gasteiger partial charge is 0.339 e. The number of benzene rings is 1. The van der Waals surface area contributed by atoms with Crippen LogP contribution in [0.2, 0.25) is 0 Å². The number of halogens is 3. The first-order valence-corrected chi connectivity index (χ1v) is 6.57. The molecule has 0 saturated heterocycles. The lowest BCUT2D eigenvalue weighted by molar-refractivity contribution is 0.0694. The van der Waals surface area contributed by atoms with Gasteiger partial charge in [-0.2, -0.15) is 0 Å². The number of ether oxygens (including phenoxy) is 1. The summed E-state index contributed by atoms with van der Waals surface area (Å²) in [5.41, 5.74) is -0.0847. The molecule has 1 heterocycles. The van der Waals surface area contributed by atoms with Gasteiger partial charge in [-0.3, -0.25) is 0 Å². The second-order valence-corrected chi connectivity index (χ2v) is 5.32. The summed E-state index contributed by atoms with van der Waals surface area (Å²) in [7, 11) is 0. The number of pyridine rings is 1. The molecule has 0 radical (unpaired) electrons. The van der Waals surface area contributed by atoms with Crippen LogP contribution in [0.4, 0.5) is 4.39 Å². The summed E-state index contributed by atoms with van der Waals surface area (Å²) in [5.74, 6) is -2.13. The van der Waals surface area contributed by atoms with Gasteiger partial charge in [-0.1, -0.05) is 15.9 Å². The Labute approximate surface area is 124 Å². The molecule has 98 valence electrons. The molecule has 0 bridgehead atoms. The number of aromatic nitrogens is 1. The van der Waals surface area contributed by atoms with E-state index in [4.69, 9.17) is 9.84 Å². The molecule has 19 heavy (non-hydrogen) atoms. The number of aromatic carboxylic acids is 1. The fraction of sp³-hybridized carbons (Fsp3) is 0. The molecular weight excluding hydrogens is 385 g/mol. The Morgan fingerprint density at radius 1 is 1.26 bits per heavy atom. The highest BCUT2D eigenvalue weighted by atomic mass is 79.9. The van der Waals surface area contributed by atoms with Crippen molar-refractivity contribution in [2.75, 3.05) is 0 Å². The largest absolute Gasteiger partial charge is 0.478 e. The molecule has 0 saturated carbocycles. The minimum absolute atomic E-state index is 0.0180. The normalized spacial score (nSPS) is 10.3. The van der Waals surface area contributed by atoms with Gasteiger partial charge in [-0.15, -0.1) is 0 Å². The van der Waals surface area contributed by atoms with Crippen LogP contribution in [0.15, 0.2) is 39.4 Å². The highest BCUT2D eigenvalue weighted by Crippen LogP contribution is 2.29. The zero-order valence-corrected chi connectivity index (χ0v) is 12.4. The SMILES string of the molecule is O=C(O)c1cc(Br)ccc1Oc1ncc(Br)cc1F. The quantitative estimate of drug-likeness (QED) is 0.851. The van der Waals surface area contributed by atoms with Crippen LogP contribution in [-0.2, 0) is 0 Å². The number of carbonyl (C=O) groups is 1. The summed E-state index contributed by atoms with van der Waals surface area (Å²) in [6.07, 6.45) is 1.36. The van der Waals surface area contributed by atoms with E-state index in [2.05, 4.69) is 36.8 Å². The minimum atomic E-state index is -1.17. The molecule has 1 N–H and O–H groups in total. The van der Waals surface area contributed by atoms with E-state index in [1.807, 2.05) is 0 Å². The summed E-state index contributed by atoms with van der Waals surface area (Å²) < 4.78 is 19.8. The standard InChI is InChI=1S/C12H6Br2FNO3/c13-6-1-2-10(8(3-6)12(17)18)19-11-9(15)4-7(14)5-16-11/h1-5H,(H,17,18). The summed E-state index contributed by atoms with van der Waals surface area (Å²) in [5, 5.41) is 9.06. The molecule has 4 nitrogen and oxygen atoms in total. The maximum absolute atomic E-state index is 13.6. The molecule has 0 fully saturated rings. The molecule has 0 atom stereocenters. The highest BCUT2D eigenvalue weighted by Gasteiger charge is 2.15. The van der Waals surface area contributed by atoms with Gasteiger partial charge in [0.1, 0.15) is 11.3 Å². The third kappa shape index (κ3) is 3.30. The summed E-state index contributed by atoms with van der Waals surface area (Å²) in [6.45, 7) is 0. The van der Waals surface area contributed by atoms with Gasteiger partial charge in [0, 0.05) is 15.1 Å². The van der Waals surface area contributed by atoms with Gasteiger partial charge >= 0.3 is 5.97 Å². The average molecular weight is 391 g/mol. The van der Waals surface area contributed by atoms with Gasteiger partial charge in [0.05, 0.1) is 0 Å². The van der Waals surface area contributed by atoms with Crippen LogP contribution in [0, 0.1) is 5.82 Å². The Bertz CT molecular complexity index is 649. The van der Waals surface area contributed by atoms with Crippen LogP contribution >= 0.6 is 31.9 Å². The van der Waals surface area contributed by atoms with Crippen molar-refractivity contribution in [3.8, 4) is 11.6 Å². The van der Waals surface area contributed by atoms with Crippen LogP contribution in [-0.4, -0.2) is 16.1 Å². The summed E-state index contributed by atoms with van der Waals surface area (Å²) in [6, 6.07) is 5.57. The molecule has 7 heteroatoms. The molecule has 0 spiro atoms. The number of rotatable bonds is 3. The maximum Gasteiger partial charge on any atom is 0.339 e. The lowest BCUT2D eigenvalue weighted by Gasteiger charge is -2.09. The van der Waals surface area contributed by atoms with E-state index in [-0.39, 0.29) is 17.2 Å². The lowest BCUT2D eigenvalue weighted by Crippen LogP contribution is -2.01. The topological polar surface area (TPSA) is 59.4 Å². The van der Waals surface area contributed by atoms with Crippen LogP contribution in [0.5, 0.6) is 11.6 Å². The number of hydrogen-bond acceptors (Lipinski definition) is 3. The number of nitrogens with zero attached hydrogens (tertiary/aromatic N) is 1. The molecule has 0 amide bonds. The minimum Gasteiger partial charge on any atom is -0.478 e. The van der Waals surface area contributed by atoms with E-state index in [0.29, 0.717) is 8.95 Å². The second-order valence-electron chi connectivity index (χ2n) is 3.49. The van der Waals surface area contributed by atoms with Crippen LogP contribution in [0.25, 0.3) is 0 Å². The van der Waals surface area contributed by atoms with Gasteiger partial charge in [-0.05, 0) is 40.2 Å². The fourth-order valence-electron chi connectivity index (χ4n) is 1.34. The van der Waals surface area contributed by atoms with E-state index < -0.39 is 11.8 Å². The van der Waals surface area contributed by atoms with Crippen LogP contribution in [0.3, 0.4) is 0 Å². The van der Waals surface area contributed by atoms with Crippen molar-refractivity contribution in [1.82, 2.24) is 4.98 Å². The van der Waals surface area contributed by atoms with Gasteiger partial charge in [0.25, 0.3) is 5.88 Å². The second kappa shape index (κ2) is 5.66. The molecule has 0 aliphatic rings. The molecule has 0 aliphatic heterocycles. The molecule has 2 aromatic rings. The Morgan fingerprint density at radius 3 is 2.63 bits per heavy atom. The van der Waals surface area contributed by atoms with Crippen molar-refractivity contribution >= 4 is 37.8 Å². The van der Waals surface area contributed by atoms with Gasteiger partial charge in [0.2, 0.25) is 0 Å². The first-order chi connectivity index (χ1) is 8.97. The lowest BCUT2D eigenvalue weighted by atomic mass is 10.2. The molecule has 1 aromatic carbocycles. The third-order valence-electron chi connectivity index (χ3n) is 2.15. The van der Waals surface area contributed by atoms with E-state index in [1.54, 1.807) is 6.07 Å². The Kier molecular flexibility index (Phi) is 4.16. The first kappa shape index (κ1) is 14.0. The number of carboxylic acid groups (broad SMARTS) is 1. The number of carboxylic acids is 1. The van der Waals surface area contributed by atoms with Crippen molar-refractivity contribution in [3.05, 3.63) is 50.8 Å². The zero-order valence-electron chi connectivity index (χ0n) is 9.23. The van der Waals surface area contributed by atoms with Crippen molar-refractivity contribution in [2.45, 2.75) is 0 Å². The monoisotopic (exact) mass is 389 g/mol. The Balaban J connectivity index is 2.40. The maximum atomic E-state index is 13.6. The number of hydrogen-bond donors (Lipinski definition) is 1. The molecular formula is C12H6Br2FNO3. The Morgan fingerprint density at radius 2 is 2.00 bits per heavy atom. The Hall–Kier alpha value is -1.47. The van der Waals surface area contributed by atoms with Gasteiger partial charge in [-0.25, -0.2) is 14.2 Å². The molecule has 0 aliphatic carbocycles. The summed E-state index contributed by atoms with van der Waals surface area (Å²) >= 11 is 6.23. The molecule has 2 rings (SSSR count). The third-order valence-corrected chi connectivity index (χ3v) is 3.08. The predicted molar refractivity (Wildman–Crippen MR) is 73.1 cm³/mol. The van der Waals surface area contributed by atoms with Crippen molar-refractivity contribution < 1.29 is 19.0 Å². The van der Waals surface area contributed by atoms with Crippen LogP contribution < -0.4 is 4.74 Å². The zero-order chi connectivity index (χ0) is 14.0.